The van der Waals surface area contributed by atoms with Crippen molar-refractivity contribution in [3.05, 3.63) is 59.3 Å². The highest BCUT2D eigenvalue weighted by Gasteiger charge is 2.26. The van der Waals surface area contributed by atoms with Gasteiger partial charge in [0.05, 0.1) is 6.04 Å². The van der Waals surface area contributed by atoms with Gasteiger partial charge in [0.25, 0.3) is 0 Å². The third kappa shape index (κ3) is 2.21. The summed E-state index contributed by atoms with van der Waals surface area (Å²) in [5.74, 6) is 0.575. The average Bonchev–Trinajstić information content (AvgIpc) is 2.86. The number of benzene rings is 2. The third-order valence-corrected chi connectivity index (χ3v) is 4.18. The van der Waals surface area contributed by atoms with Crippen LogP contribution in [0.1, 0.15) is 22.9 Å². The molecule has 3 aromatic rings. The van der Waals surface area contributed by atoms with E-state index in [2.05, 4.69) is 10.3 Å². The van der Waals surface area contributed by atoms with Crippen LogP contribution in [0.15, 0.2) is 42.5 Å². The zero-order valence-electron chi connectivity index (χ0n) is 11.8. The first kappa shape index (κ1) is 14.8. The molecule has 114 valence electrons. The highest BCUT2D eigenvalue weighted by Crippen LogP contribution is 2.37. The van der Waals surface area contributed by atoms with E-state index in [1.807, 2.05) is 24.3 Å². The number of rotatable bonds is 1. The Bertz CT molecular complexity index is 829. The van der Waals surface area contributed by atoms with Crippen molar-refractivity contribution in [3.8, 4) is 11.5 Å². The van der Waals surface area contributed by atoms with Crippen molar-refractivity contribution in [1.82, 2.24) is 10.3 Å². The summed E-state index contributed by atoms with van der Waals surface area (Å²) in [5.41, 5.74) is 4.17. The van der Waals surface area contributed by atoms with Gasteiger partial charge in [-0.2, -0.15) is 0 Å². The molecule has 0 radical (unpaired) electrons. The van der Waals surface area contributed by atoms with E-state index in [9.17, 15) is 10.2 Å². The molecule has 4 nitrogen and oxygen atoms in total. The number of aromatic hydroxyl groups is 2. The van der Waals surface area contributed by atoms with Gasteiger partial charge in [0.1, 0.15) is 11.5 Å². The summed E-state index contributed by atoms with van der Waals surface area (Å²) in [7, 11) is 0. The average molecular weight is 317 g/mol. The highest BCUT2D eigenvalue weighted by atomic mass is 35.5. The van der Waals surface area contributed by atoms with Crippen LogP contribution >= 0.6 is 12.4 Å². The molecular formula is C17H17ClN2O2. The number of fused-ring (bicyclic) bond motifs is 3. The molecule has 1 aromatic heterocycles. The zero-order valence-corrected chi connectivity index (χ0v) is 12.7. The fourth-order valence-corrected chi connectivity index (χ4v) is 3.21. The molecule has 1 aliphatic rings. The molecule has 2 aromatic carbocycles. The first-order valence-corrected chi connectivity index (χ1v) is 7.09. The highest BCUT2D eigenvalue weighted by molar-refractivity contribution is 5.86. The molecule has 0 spiro atoms. The monoisotopic (exact) mass is 316 g/mol. The lowest BCUT2D eigenvalue weighted by molar-refractivity contribution is 0.452. The molecule has 0 amide bonds. The van der Waals surface area contributed by atoms with Crippen LogP contribution < -0.4 is 5.32 Å². The molecule has 5 heteroatoms. The predicted molar refractivity (Wildman–Crippen MR) is 88.9 cm³/mol. The molecule has 1 atom stereocenters. The standard InChI is InChI=1S/C17H16N2O2.ClH/c20-10-5-6-14-13(9-10)11-7-8-18-16(17(11)19-14)12-3-1-2-4-15(12)21;/h1-6,9,16,18-21H,7-8H2;1H. The van der Waals surface area contributed by atoms with Crippen LogP contribution in [0.3, 0.4) is 0 Å². The van der Waals surface area contributed by atoms with Gasteiger partial charge in [0, 0.05) is 28.7 Å². The number of nitrogens with one attached hydrogen (secondary N) is 2. The number of phenols is 2. The maximum Gasteiger partial charge on any atom is 0.120 e. The molecule has 22 heavy (non-hydrogen) atoms. The first-order chi connectivity index (χ1) is 10.2. The van der Waals surface area contributed by atoms with E-state index in [0.717, 1.165) is 35.1 Å². The van der Waals surface area contributed by atoms with Crippen LogP contribution in [0.5, 0.6) is 11.5 Å². The van der Waals surface area contributed by atoms with E-state index in [-0.39, 0.29) is 24.2 Å². The largest absolute Gasteiger partial charge is 0.508 e. The quantitative estimate of drug-likeness (QED) is 0.557. The van der Waals surface area contributed by atoms with Gasteiger partial charge in [0.2, 0.25) is 0 Å². The van der Waals surface area contributed by atoms with Gasteiger partial charge in [-0.15, -0.1) is 12.4 Å². The van der Waals surface area contributed by atoms with Gasteiger partial charge in [-0.3, -0.25) is 0 Å². The maximum atomic E-state index is 10.1. The molecule has 0 saturated heterocycles. The third-order valence-electron chi connectivity index (χ3n) is 4.18. The summed E-state index contributed by atoms with van der Waals surface area (Å²) < 4.78 is 0. The van der Waals surface area contributed by atoms with E-state index in [4.69, 9.17) is 0 Å². The molecular weight excluding hydrogens is 300 g/mol. The van der Waals surface area contributed by atoms with E-state index in [1.54, 1.807) is 18.2 Å². The molecule has 0 aliphatic carbocycles. The number of phenolic OH excluding ortho intramolecular Hbond substituents is 2. The minimum Gasteiger partial charge on any atom is -0.508 e. The Hall–Kier alpha value is -2.17. The normalized spacial score (nSPS) is 17.0. The molecule has 4 N–H and O–H groups in total. The smallest absolute Gasteiger partial charge is 0.120 e. The second-order valence-corrected chi connectivity index (χ2v) is 5.44. The summed E-state index contributed by atoms with van der Waals surface area (Å²) in [6.45, 7) is 0.842. The fourth-order valence-electron chi connectivity index (χ4n) is 3.21. The second-order valence-electron chi connectivity index (χ2n) is 5.44. The van der Waals surface area contributed by atoms with Gasteiger partial charge in [-0.1, -0.05) is 18.2 Å². The van der Waals surface area contributed by atoms with Crippen molar-refractivity contribution in [1.29, 1.82) is 0 Å². The van der Waals surface area contributed by atoms with Crippen LogP contribution in [-0.4, -0.2) is 21.7 Å². The topological polar surface area (TPSA) is 68.3 Å². The molecule has 0 fully saturated rings. The van der Waals surface area contributed by atoms with Crippen LogP contribution in [0, 0.1) is 0 Å². The Morgan fingerprint density at radius 1 is 1.05 bits per heavy atom. The fraction of sp³-hybridized carbons (Fsp3) is 0.176. The molecule has 0 saturated carbocycles. The van der Waals surface area contributed by atoms with Crippen molar-refractivity contribution in [3.63, 3.8) is 0 Å². The molecule has 2 heterocycles. The van der Waals surface area contributed by atoms with Gasteiger partial charge in [-0.05, 0) is 36.2 Å². The first-order valence-electron chi connectivity index (χ1n) is 7.09. The summed E-state index contributed by atoms with van der Waals surface area (Å²) in [4.78, 5) is 3.43. The molecule has 1 unspecified atom stereocenters. The summed E-state index contributed by atoms with van der Waals surface area (Å²) in [6.07, 6.45) is 0.906. The number of hydrogen-bond acceptors (Lipinski definition) is 3. The van der Waals surface area contributed by atoms with Gasteiger partial charge >= 0.3 is 0 Å². The van der Waals surface area contributed by atoms with Gasteiger partial charge in [-0.25, -0.2) is 0 Å². The minimum atomic E-state index is -0.0514. The maximum absolute atomic E-state index is 10.1. The van der Waals surface area contributed by atoms with Crippen LogP contribution in [0.2, 0.25) is 0 Å². The summed E-state index contributed by atoms with van der Waals surface area (Å²) in [6, 6.07) is 12.7. The number of para-hydroxylation sites is 1. The van der Waals surface area contributed by atoms with Crippen LogP contribution in [0.25, 0.3) is 10.9 Å². The van der Waals surface area contributed by atoms with E-state index in [1.165, 1.54) is 5.56 Å². The number of hydrogen-bond donors (Lipinski definition) is 4. The van der Waals surface area contributed by atoms with Crippen molar-refractivity contribution < 1.29 is 10.2 Å². The molecule has 1 aliphatic heterocycles. The summed E-state index contributed by atoms with van der Waals surface area (Å²) in [5, 5.41) is 24.3. The lowest BCUT2D eigenvalue weighted by Gasteiger charge is -2.25. The lowest BCUT2D eigenvalue weighted by Crippen LogP contribution is -2.30. The number of aromatic amines is 1. The predicted octanol–water partition coefficient (Wildman–Crippen LogP) is 3.24. The van der Waals surface area contributed by atoms with Gasteiger partial charge in [0.15, 0.2) is 0 Å². The van der Waals surface area contributed by atoms with Crippen molar-refractivity contribution in [2.75, 3.05) is 6.54 Å². The number of H-pyrrole nitrogens is 1. The summed E-state index contributed by atoms with van der Waals surface area (Å²) >= 11 is 0. The lowest BCUT2D eigenvalue weighted by atomic mass is 9.94. The van der Waals surface area contributed by atoms with E-state index in [0.29, 0.717) is 5.75 Å². The molecule has 0 bridgehead atoms. The second kappa shape index (κ2) is 5.55. The van der Waals surface area contributed by atoms with Crippen LogP contribution in [0.4, 0.5) is 0 Å². The Labute approximate surface area is 134 Å². The Morgan fingerprint density at radius 3 is 2.68 bits per heavy atom. The molecule has 4 rings (SSSR count). The van der Waals surface area contributed by atoms with E-state index >= 15 is 0 Å². The minimum absolute atomic E-state index is 0. The number of aromatic nitrogens is 1. The van der Waals surface area contributed by atoms with E-state index < -0.39 is 0 Å². The SMILES string of the molecule is Cl.Oc1ccc2[nH]c3c(c2c1)CCNC3c1ccccc1O. The Balaban J connectivity index is 0.00000144. The Morgan fingerprint density at radius 2 is 1.86 bits per heavy atom. The van der Waals surface area contributed by atoms with Gasteiger partial charge < -0.3 is 20.5 Å². The van der Waals surface area contributed by atoms with Crippen LogP contribution in [-0.2, 0) is 6.42 Å². The van der Waals surface area contributed by atoms with Crippen molar-refractivity contribution >= 4 is 23.3 Å². The zero-order chi connectivity index (χ0) is 14.4. The van der Waals surface area contributed by atoms with Crippen molar-refractivity contribution in [2.45, 2.75) is 12.5 Å². The van der Waals surface area contributed by atoms with Crippen molar-refractivity contribution in [2.24, 2.45) is 0 Å². The Kier molecular flexibility index (Phi) is 3.72. The number of halogens is 1.